The van der Waals surface area contributed by atoms with E-state index in [1.54, 1.807) is 12.1 Å². The zero-order chi connectivity index (χ0) is 15.5. The molecule has 0 aliphatic heterocycles. The van der Waals surface area contributed by atoms with E-state index in [1.165, 1.54) is 17.3 Å². The van der Waals surface area contributed by atoms with Crippen molar-refractivity contribution in [1.82, 2.24) is 4.98 Å². The number of rotatable bonds is 4. The summed E-state index contributed by atoms with van der Waals surface area (Å²) in [5, 5.41) is 0. The van der Waals surface area contributed by atoms with Crippen molar-refractivity contribution in [3.8, 4) is 11.6 Å². The van der Waals surface area contributed by atoms with Crippen LogP contribution in [0.4, 0.5) is 0 Å². The Morgan fingerprint density at radius 1 is 1.32 bits per heavy atom. The predicted octanol–water partition coefficient (Wildman–Crippen LogP) is 2.35. The molecule has 0 saturated heterocycles. The molecule has 1 aliphatic rings. The topological polar surface area (TPSA) is 91.2 Å². The van der Waals surface area contributed by atoms with Gasteiger partial charge in [-0.05, 0) is 61.1 Å². The number of aryl methyl sites for hydroxylation is 1. The molecule has 22 heavy (non-hydrogen) atoms. The van der Waals surface area contributed by atoms with Crippen molar-refractivity contribution in [3.63, 3.8) is 0 Å². The Morgan fingerprint density at radius 2 is 2.18 bits per heavy atom. The van der Waals surface area contributed by atoms with Crippen LogP contribution < -0.4 is 16.2 Å². The molecule has 2 aromatic rings. The molecule has 1 aliphatic carbocycles. The van der Waals surface area contributed by atoms with Gasteiger partial charge >= 0.3 is 0 Å². The number of primary amides is 1. The third-order valence-corrected chi connectivity index (χ3v) is 4.08. The maximum absolute atomic E-state index is 11.0. The first-order valence-electron chi connectivity index (χ1n) is 7.44. The molecule has 5 nitrogen and oxygen atoms in total. The molecule has 1 aromatic heterocycles. The molecular formula is C17H19N3O2. The van der Waals surface area contributed by atoms with Crippen LogP contribution in [0.1, 0.15) is 40.2 Å². The highest BCUT2D eigenvalue weighted by atomic mass is 16.5. The first-order valence-corrected chi connectivity index (χ1v) is 7.44. The molecule has 5 heteroatoms. The van der Waals surface area contributed by atoms with Gasteiger partial charge in [0, 0.05) is 12.3 Å². The first kappa shape index (κ1) is 14.5. The van der Waals surface area contributed by atoms with Crippen molar-refractivity contribution in [1.29, 1.82) is 0 Å². The second-order valence-corrected chi connectivity index (χ2v) is 5.54. The molecule has 0 radical (unpaired) electrons. The predicted molar refractivity (Wildman–Crippen MR) is 84.0 cm³/mol. The van der Waals surface area contributed by atoms with E-state index in [0.29, 0.717) is 23.9 Å². The van der Waals surface area contributed by atoms with Gasteiger partial charge in [0.05, 0.1) is 5.56 Å². The molecule has 1 amide bonds. The van der Waals surface area contributed by atoms with Crippen LogP contribution in [0.5, 0.6) is 11.6 Å². The van der Waals surface area contributed by atoms with Gasteiger partial charge in [0.25, 0.3) is 0 Å². The third-order valence-electron chi connectivity index (χ3n) is 4.08. The zero-order valence-corrected chi connectivity index (χ0v) is 12.3. The van der Waals surface area contributed by atoms with Crippen molar-refractivity contribution in [3.05, 3.63) is 53.2 Å². The summed E-state index contributed by atoms with van der Waals surface area (Å²) < 4.78 is 5.75. The summed E-state index contributed by atoms with van der Waals surface area (Å²) in [6, 6.07) is 9.34. The van der Waals surface area contributed by atoms with E-state index in [9.17, 15) is 4.79 Å². The van der Waals surface area contributed by atoms with Crippen LogP contribution in [0.3, 0.4) is 0 Å². The number of ether oxygens (including phenoxy) is 1. The second-order valence-electron chi connectivity index (χ2n) is 5.54. The summed E-state index contributed by atoms with van der Waals surface area (Å²) in [6.07, 6.45) is 4.78. The Bertz CT molecular complexity index is 683. The summed E-state index contributed by atoms with van der Waals surface area (Å²) >= 11 is 0. The van der Waals surface area contributed by atoms with E-state index >= 15 is 0 Å². The number of pyridine rings is 1. The Labute approximate surface area is 129 Å². The van der Waals surface area contributed by atoms with E-state index in [0.717, 1.165) is 25.0 Å². The minimum atomic E-state index is -0.499. The van der Waals surface area contributed by atoms with Crippen molar-refractivity contribution in [2.45, 2.75) is 25.2 Å². The standard InChI is InChI=1S/C17H19N3O2/c18-9-12-3-1-2-11-8-14(5-6-15(11)12)22-16-7-4-13(10-20-16)17(19)21/h4-8,10,12H,1-3,9,18H2,(H2,19,21). The van der Waals surface area contributed by atoms with E-state index in [1.807, 2.05) is 6.07 Å². The normalized spacial score (nSPS) is 16.9. The fourth-order valence-electron chi connectivity index (χ4n) is 2.91. The number of benzene rings is 1. The molecule has 1 heterocycles. The van der Waals surface area contributed by atoms with Crippen LogP contribution in [0.25, 0.3) is 0 Å². The lowest BCUT2D eigenvalue weighted by Gasteiger charge is -2.24. The summed E-state index contributed by atoms with van der Waals surface area (Å²) in [5.41, 5.74) is 14.0. The lowest BCUT2D eigenvalue weighted by Crippen LogP contribution is -2.18. The van der Waals surface area contributed by atoms with Gasteiger partial charge in [-0.1, -0.05) is 6.07 Å². The number of fused-ring (bicyclic) bond motifs is 1. The van der Waals surface area contributed by atoms with Crippen LogP contribution in [0.2, 0.25) is 0 Å². The van der Waals surface area contributed by atoms with Gasteiger partial charge in [-0.3, -0.25) is 4.79 Å². The smallest absolute Gasteiger partial charge is 0.250 e. The van der Waals surface area contributed by atoms with Gasteiger partial charge < -0.3 is 16.2 Å². The van der Waals surface area contributed by atoms with Crippen LogP contribution in [-0.2, 0) is 6.42 Å². The van der Waals surface area contributed by atoms with Crippen molar-refractivity contribution >= 4 is 5.91 Å². The summed E-state index contributed by atoms with van der Waals surface area (Å²) in [4.78, 5) is 15.1. The first-order chi connectivity index (χ1) is 10.7. The fraction of sp³-hybridized carbons (Fsp3) is 0.294. The van der Waals surface area contributed by atoms with Crippen molar-refractivity contribution in [2.75, 3.05) is 6.54 Å². The number of nitrogens with two attached hydrogens (primary N) is 2. The highest BCUT2D eigenvalue weighted by molar-refractivity contribution is 5.92. The molecule has 1 atom stereocenters. The Kier molecular flexibility index (Phi) is 4.06. The molecule has 114 valence electrons. The van der Waals surface area contributed by atoms with E-state index in [-0.39, 0.29) is 0 Å². The maximum Gasteiger partial charge on any atom is 0.250 e. The molecule has 0 bridgehead atoms. The SMILES string of the molecule is NCC1CCCc2cc(Oc3ccc(C(N)=O)cn3)ccc21. The van der Waals surface area contributed by atoms with E-state index in [4.69, 9.17) is 16.2 Å². The third kappa shape index (κ3) is 2.94. The fourth-order valence-corrected chi connectivity index (χ4v) is 2.91. The highest BCUT2D eigenvalue weighted by Crippen LogP contribution is 2.34. The van der Waals surface area contributed by atoms with Gasteiger partial charge in [0.2, 0.25) is 11.8 Å². The largest absolute Gasteiger partial charge is 0.439 e. The summed E-state index contributed by atoms with van der Waals surface area (Å²) in [7, 11) is 0. The highest BCUT2D eigenvalue weighted by Gasteiger charge is 2.19. The maximum atomic E-state index is 11.0. The molecule has 3 rings (SSSR count). The van der Waals surface area contributed by atoms with Gasteiger partial charge in [-0.2, -0.15) is 0 Å². The molecule has 0 spiro atoms. The average molecular weight is 297 g/mol. The number of carbonyl (C=O) groups is 1. The number of nitrogens with zero attached hydrogens (tertiary/aromatic N) is 1. The van der Waals surface area contributed by atoms with Crippen LogP contribution in [-0.4, -0.2) is 17.4 Å². The zero-order valence-electron chi connectivity index (χ0n) is 12.3. The summed E-state index contributed by atoms with van der Waals surface area (Å²) in [5.74, 6) is 1.14. The number of aromatic nitrogens is 1. The second kappa shape index (κ2) is 6.15. The van der Waals surface area contributed by atoms with Gasteiger partial charge in [-0.25, -0.2) is 4.98 Å². The molecule has 1 aromatic carbocycles. The molecular weight excluding hydrogens is 278 g/mol. The molecule has 4 N–H and O–H groups in total. The lowest BCUT2D eigenvalue weighted by atomic mass is 9.83. The van der Waals surface area contributed by atoms with Crippen molar-refractivity contribution in [2.24, 2.45) is 11.5 Å². The van der Waals surface area contributed by atoms with Crippen molar-refractivity contribution < 1.29 is 9.53 Å². The number of carbonyl (C=O) groups excluding carboxylic acids is 1. The Morgan fingerprint density at radius 3 is 2.86 bits per heavy atom. The number of hydrogen-bond donors (Lipinski definition) is 2. The monoisotopic (exact) mass is 297 g/mol. The van der Waals surface area contributed by atoms with Crippen LogP contribution in [0, 0.1) is 0 Å². The molecule has 1 unspecified atom stereocenters. The number of hydrogen-bond acceptors (Lipinski definition) is 4. The van der Waals surface area contributed by atoms with Crippen LogP contribution >= 0.6 is 0 Å². The Hall–Kier alpha value is -2.40. The quantitative estimate of drug-likeness (QED) is 0.906. The van der Waals surface area contributed by atoms with Gasteiger partial charge in [0.15, 0.2) is 0 Å². The minimum Gasteiger partial charge on any atom is -0.439 e. The summed E-state index contributed by atoms with van der Waals surface area (Å²) in [6.45, 7) is 0.684. The van der Waals surface area contributed by atoms with E-state index in [2.05, 4.69) is 17.1 Å². The minimum absolute atomic E-state index is 0.364. The number of amides is 1. The molecule has 0 saturated carbocycles. The van der Waals surface area contributed by atoms with Gasteiger partial charge in [0.1, 0.15) is 5.75 Å². The lowest BCUT2D eigenvalue weighted by molar-refractivity contribution is 0.1000. The average Bonchev–Trinajstić information content (AvgIpc) is 2.54. The van der Waals surface area contributed by atoms with Crippen LogP contribution in [0.15, 0.2) is 36.5 Å². The van der Waals surface area contributed by atoms with E-state index < -0.39 is 5.91 Å². The molecule has 0 fully saturated rings. The Balaban J connectivity index is 1.80. The van der Waals surface area contributed by atoms with Gasteiger partial charge in [-0.15, -0.1) is 0 Å².